The minimum Gasteiger partial charge on any atom is -0.465 e. The number of rotatable bonds is 11. The summed E-state index contributed by atoms with van der Waals surface area (Å²) in [4.78, 5) is 71.0. The Bertz CT molecular complexity index is 1990. The number of amides is 4. The Kier molecular flexibility index (Phi) is 11.6. The number of hydrogen-bond acceptors (Lipinski definition) is 8. The summed E-state index contributed by atoms with van der Waals surface area (Å²) in [6, 6.07) is 13.6. The van der Waals surface area contributed by atoms with Crippen molar-refractivity contribution in [3.63, 3.8) is 0 Å². The van der Waals surface area contributed by atoms with Crippen molar-refractivity contribution in [1.82, 2.24) is 40.0 Å². The van der Waals surface area contributed by atoms with E-state index in [9.17, 15) is 29.4 Å². The number of methoxy groups -OCH3 is 1. The summed E-state index contributed by atoms with van der Waals surface area (Å²) in [6.45, 7) is 8.26. The highest BCUT2D eigenvalue weighted by Gasteiger charge is 2.44. The highest BCUT2D eigenvalue weighted by atomic mass is 16.5. The zero-order chi connectivity index (χ0) is 39.6. The Labute approximate surface area is 320 Å². The molecule has 292 valence electrons. The quantitative estimate of drug-likeness (QED) is 0.132. The van der Waals surface area contributed by atoms with Crippen LogP contribution in [0.1, 0.15) is 70.7 Å². The van der Waals surface area contributed by atoms with E-state index in [4.69, 9.17) is 4.74 Å². The SMILES string of the molecule is COC(=O)N[C@H](C(=O)N1CCCC1c1ncc(-c2ccc(-c3ccc(-c4cnc([C@@H]5C(O)CCN5C(=O)[C@H](C(C)C)N(C)C(=O)O)[nH]4)cc3)cc2)[nH]1)C(C)C. The van der Waals surface area contributed by atoms with Gasteiger partial charge in [0.15, 0.2) is 0 Å². The van der Waals surface area contributed by atoms with Crippen molar-refractivity contribution in [3.05, 3.63) is 72.6 Å². The maximum atomic E-state index is 13.6. The molecule has 2 fully saturated rings. The average Bonchev–Trinajstić information content (AvgIpc) is 4.00. The first-order chi connectivity index (χ1) is 26.3. The maximum Gasteiger partial charge on any atom is 0.407 e. The number of nitrogens with one attached hydrogen (secondary N) is 3. The number of likely N-dealkylation sites (tertiary alicyclic amines) is 2. The molecule has 15 nitrogen and oxygen atoms in total. The van der Waals surface area contributed by atoms with E-state index >= 15 is 0 Å². The van der Waals surface area contributed by atoms with Crippen LogP contribution in [0, 0.1) is 11.8 Å². The molecule has 0 spiro atoms. The highest BCUT2D eigenvalue weighted by molar-refractivity contribution is 5.87. The number of carboxylic acid groups (broad SMARTS) is 1. The monoisotopic (exact) mass is 754 g/mol. The van der Waals surface area contributed by atoms with Crippen LogP contribution in [-0.2, 0) is 14.3 Å². The van der Waals surface area contributed by atoms with Crippen LogP contribution < -0.4 is 5.32 Å². The molecular weight excluding hydrogens is 704 g/mol. The second-order valence-electron chi connectivity index (χ2n) is 15.0. The molecule has 2 aromatic heterocycles. The minimum atomic E-state index is -1.19. The second-order valence-corrected chi connectivity index (χ2v) is 15.0. The van der Waals surface area contributed by atoms with E-state index < -0.39 is 36.4 Å². The molecule has 2 unspecified atom stereocenters. The average molecular weight is 755 g/mol. The number of H-pyrrole nitrogens is 2. The van der Waals surface area contributed by atoms with Gasteiger partial charge in [0.05, 0.1) is 43.0 Å². The predicted octanol–water partition coefficient (Wildman–Crippen LogP) is 5.45. The van der Waals surface area contributed by atoms with Gasteiger partial charge in [-0.05, 0) is 53.4 Å². The molecule has 15 heteroatoms. The summed E-state index contributed by atoms with van der Waals surface area (Å²) in [7, 11) is 2.67. The third kappa shape index (κ3) is 8.07. The van der Waals surface area contributed by atoms with E-state index in [2.05, 4.69) is 25.3 Å². The normalized spacial score (nSPS) is 19.5. The van der Waals surface area contributed by atoms with E-state index in [-0.39, 0.29) is 29.7 Å². The van der Waals surface area contributed by atoms with Crippen molar-refractivity contribution < 1.29 is 34.1 Å². The highest BCUT2D eigenvalue weighted by Crippen LogP contribution is 2.35. The number of carbonyl (C=O) groups excluding carboxylic acids is 3. The van der Waals surface area contributed by atoms with Crippen LogP contribution in [0.4, 0.5) is 9.59 Å². The first kappa shape index (κ1) is 39.0. The lowest BCUT2D eigenvalue weighted by molar-refractivity contribution is -0.139. The number of ether oxygens (including phenoxy) is 1. The molecular formula is C40H50N8O7. The van der Waals surface area contributed by atoms with Crippen LogP contribution in [0.3, 0.4) is 0 Å². The number of likely N-dealkylation sites (N-methyl/N-ethyl adjacent to an activating group) is 1. The van der Waals surface area contributed by atoms with Crippen LogP contribution in [0.15, 0.2) is 60.9 Å². The van der Waals surface area contributed by atoms with E-state index in [1.807, 2.05) is 62.4 Å². The van der Waals surface area contributed by atoms with E-state index in [0.717, 1.165) is 51.4 Å². The standard InChI is InChI=1S/C40H50N8O7/c1-22(2)32(45-39(52)55-6)37(50)47-18-7-8-30(47)35-41-20-28(43-35)26-13-9-24(10-14-26)25-11-15-27(16-12-25)29-21-42-36(44-29)34-31(49)17-19-48(34)38(51)33(23(3)4)46(5)40(53)54/h9-16,20-23,30-34,49H,7-8,17-19H2,1-6H3,(H,41,43)(H,42,44)(H,45,52)(H,53,54)/t30?,31?,32-,33-,34-/m0/s1. The van der Waals surface area contributed by atoms with Gasteiger partial charge in [-0.2, -0.15) is 0 Å². The fourth-order valence-corrected chi connectivity index (χ4v) is 7.70. The minimum absolute atomic E-state index is 0.116. The number of imidazole rings is 2. The first-order valence-corrected chi connectivity index (χ1v) is 18.7. The Morgan fingerprint density at radius 1 is 0.800 bits per heavy atom. The van der Waals surface area contributed by atoms with Crippen molar-refractivity contribution in [2.75, 3.05) is 27.2 Å². The summed E-state index contributed by atoms with van der Waals surface area (Å²) in [6.07, 6.45) is 2.75. The lowest BCUT2D eigenvalue weighted by Crippen LogP contribution is -2.52. The van der Waals surface area contributed by atoms with Gasteiger partial charge in [0.2, 0.25) is 11.8 Å². The van der Waals surface area contributed by atoms with E-state index in [1.165, 1.54) is 19.1 Å². The van der Waals surface area contributed by atoms with E-state index in [1.54, 1.807) is 31.1 Å². The van der Waals surface area contributed by atoms with Gasteiger partial charge >= 0.3 is 12.2 Å². The van der Waals surface area contributed by atoms with Gasteiger partial charge < -0.3 is 40.0 Å². The molecule has 0 saturated carbocycles. The third-order valence-corrected chi connectivity index (χ3v) is 10.7. The molecule has 2 aliphatic heterocycles. The summed E-state index contributed by atoms with van der Waals surface area (Å²) >= 11 is 0. The summed E-state index contributed by atoms with van der Waals surface area (Å²) < 4.78 is 4.74. The smallest absolute Gasteiger partial charge is 0.407 e. The number of alkyl carbamates (subject to hydrolysis) is 1. The molecule has 0 aliphatic carbocycles. The molecule has 55 heavy (non-hydrogen) atoms. The van der Waals surface area contributed by atoms with E-state index in [0.29, 0.717) is 31.2 Å². The third-order valence-electron chi connectivity index (χ3n) is 10.7. The van der Waals surface area contributed by atoms with Gasteiger partial charge in [0, 0.05) is 20.1 Å². The van der Waals surface area contributed by atoms with Crippen molar-refractivity contribution in [2.45, 2.75) is 77.2 Å². The van der Waals surface area contributed by atoms with Crippen LogP contribution in [0.5, 0.6) is 0 Å². The van der Waals surface area contributed by atoms with Gasteiger partial charge in [-0.25, -0.2) is 19.6 Å². The Hall–Kier alpha value is -5.70. The van der Waals surface area contributed by atoms with Gasteiger partial charge in [0.25, 0.3) is 0 Å². The molecule has 5 atom stereocenters. The number of aromatic nitrogens is 4. The molecule has 6 rings (SSSR count). The lowest BCUT2D eigenvalue weighted by atomic mass is 10.0. The van der Waals surface area contributed by atoms with Crippen molar-refractivity contribution >= 4 is 24.0 Å². The van der Waals surface area contributed by atoms with Gasteiger partial charge in [-0.3, -0.25) is 14.5 Å². The number of carbonyl (C=O) groups is 4. The van der Waals surface area contributed by atoms with Crippen LogP contribution >= 0.6 is 0 Å². The Balaban J connectivity index is 1.13. The molecule has 4 amide bonds. The molecule has 5 N–H and O–H groups in total. The summed E-state index contributed by atoms with van der Waals surface area (Å²) in [5.74, 6) is 0.253. The van der Waals surface area contributed by atoms with Crippen molar-refractivity contribution in [3.8, 4) is 33.6 Å². The molecule has 4 aromatic rings. The van der Waals surface area contributed by atoms with Crippen molar-refractivity contribution in [1.29, 1.82) is 0 Å². The number of benzene rings is 2. The van der Waals surface area contributed by atoms with Gasteiger partial charge in [0.1, 0.15) is 29.8 Å². The molecule has 0 radical (unpaired) electrons. The zero-order valence-corrected chi connectivity index (χ0v) is 32.0. The van der Waals surface area contributed by atoms with Gasteiger partial charge in [-0.15, -0.1) is 0 Å². The summed E-state index contributed by atoms with van der Waals surface area (Å²) in [5, 5.41) is 23.2. The number of nitrogens with zero attached hydrogens (tertiary/aromatic N) is 5. The molecule has 2 aliphatic rings. The lowest BCUT2D eigenvalue weighted by Gasteiger charge is -2.34. The van der Waals surface area contributed by atoms with Crippen LogP contribution in [0.25, 0.3) is 33.6 Å². The van der Waals surface area contributed by atoms with Gasteiger partial charge in [-0.1, -0.05) is 76.2 Å². The number of aliphatic hydroxyl groups is 1. The predicted molar refractivity (Wildman–Crippen MR) is 204 cm³/mol. The zero-order valence-electron chi connectivity index (χ0n) is 32.0. The summed E-state index contributed by atoms with van der Waals surface area (Å²) in [5.41, 5.74) is 5.40. The van der Waals surface area contributed by atoms with Crippen LogP contribution in [-0.4, -0.2) is 114 Å². The fraction of sp³-hybridized carbons (Fsp3) is 0.450. The largest absolute Gasteiger partial charge is 0.465 e. The number of aliphatic hydroxyl groups excluding tert-OH is 1. The fourth-order valence-electron chi connectivity index (χ4n) is 7.70. The molecule has 0 bridgehead atoms. The molecule has 2 saturated heterocycles. The Morgan fingerprint density at radius 3 is 1.87 bits per heavy atom. The second kappa shape index (κ2) is 16.3. The number of aromatic amines is 2. The maximum absolute atomic E-state index is 13.6. The van der Waals surface area contributed by atoms with Crippen LogP contribution in [0.2, 0.25) is 0 Å². The molecule has 4 heterocycles. The molecule has 2 aromatic carbocycles. The first-order valence-electron chi connectivity index (χ1n) is 18.7. The Morgan fingerprint density at radius 2 is 1.35 bits per heavy atom. The topological polar surface area (TPSA) is 197 Å². The van der Waals surface area contributed by atoms with Crippen molar-refractivity contribution in [2.24, 2.45) is 11.8 Å². The number of hydrogen-bond donors (Lipinski definition) is 5.